The number of imidazole rings is 1. The zero-order chi connectivity index (χ0) is 13.5. The number of hydrogen-bond acceptors (Lipinski definition) is 2. The Kier molecular flexibility index (Phi) is 3.28. The first kappa shape index (κ1) is 13.0. The summed E-state index contributed by atoms with van der Waals surface area (Å²) >= 11 is 0. The lowest BCUT2D eigenvalue weighted by atomic mass is 9.89. The Bertz CT molecular complexity index is 449. The second-order valence-electron chi connectivity index (χ2n) is 5.42. The molecule has 0 radical (unpaired) electrons. The number of aryl methyl sites for hydroxylation is 1. The van der Waals surface area contributed by atoms with Crippen LogP contribution in [-0.2, 0) is 17.6 Å². The first-order valence-corrected chi connectivity index (χ1v) is 6.76. The minimum atomic E-state index is -4.10. The highest BCUT2D eigenvalue weighted by Gasteiger charge is 2.42. The van der Waals surface area contributed by atoms with E-state index in [9.17, 15) is 13.2 Å². The molecule has 0 amide bonds. The van der Waals surface area contributed by atoms with E-state index in [1.54, 1.807) is 0 Å². The van der Waals surface area contributed by atoms with E-state index in [0.717, 1.165) is 24.4 Å². The fourth-order valence-corrected chi connectivity index (χ4v) is 2.95. The van der Waals surface area contributed by atoms with Gasteiger partial charge in [0.15, 0.2) is 0 Å². The van der Waals surface area contributed by atoms with Gasteiger partial charge in [0.05, 0.1) is 11.6 Å². The maximum atomic E-state index is 12.7. The molecule has 0 bridgehead atoms. The molecule has 3 nitrogen and oxygen atoms in total. The number of rotatable bonds is 1. The van der Waals surface area contributed by atoms with Crippen LogP contribution in [0.15, 0.2) is 0 Å². The van der Waals surface area contributed by atoms with E-state index >= 15 is 0 Å². The van der Waals surface area contributed by atoms with Gasteiger partial charge in [0, 0.05) is 31.2 Å². The Morgan fingerprint density at radius 3 is 2.58 bits per heavy atom. The molecule has 1 fully saturated rings. The number of hydrogen-bond donors (Lipinski definition) is 1. The summed E-state index contributed by atoms with van der Waals surface area (Å²) < 4.78 is 43.5. The number of alkyl halides is 3. The quantitative estimate of drug-likeness (QED) is 0.855. The second-order valence-corrected chi connectivity index (χ2v) is 5.42. The summed E-state index contributed by atoms with van der Waals surface area (Å²) in [5.74, 6) is -0.0530. The number of nitrogens with zero attached hydrogens (tertiary/aromatic N) is 1. The van der Waals surface area contributed by atoms with E-state index in [-0.39, 0.29) is 12.8 Å². The van der Waals surface area contributed by atoms with Gasteiger partial charge in [0.1, 0.15) is 5.82 Å². The summed E-state index contributed by atoms with van der Waals surface area (Å²) in [6, 6.07) is 0. The highest BCUT2D eigenvalue weighted by atomic mass is 19.4. The third kappa shape index (κ3) is 2.63. The van der Waals surface area contributed by atoms with Crippen LogP contribution in [0.4, 0.5) is 13.2 Å². The third-order valence-corrected chi connectivity index (χ3v) is 4.13. The van der Waals surface area contributed by atoms with Crippen molar-refractivity contribution in [2.75, 3.05) is 13.2 Å². The van der Waals surface area contributed by atoms with Gasteiger partial charge in [-0.15, -0.1) is 0 Å². The average molecular weight is 274 g/mol. The van der Waals surface area contributed by atoms with E-state index in [0.29, 0.717) is 31.2 Å². The highest BCUT2D eigenvalue weighted by molar-refractivity contribution is 5.21. The van der Waals surface area contributed by atoms with Crippen molar-refractivity contribution in [3.05, 3.63) is 17.2 Å². The molecule has 1 aromatic heterocycles. The molecule has 1 aromatic rings. The molecular weight excluding hydrogens is 257 g/mol. The SMILES string of the molecule is FC(F)(F)C1CCc2nc(C3CCOCC3)[nH]c2C1. The summed E-state index contributed by atoms with van der Waals surface area (Å²) in [5, 5.41) is 0. The molecule has 1 N–H and O–H groups in total. The number of halogens is 3. The lowest BCUT2D eigenvalue weighted by Crippen LogP contribution is -2.28. The van der Waals surface area contributed by atoms with Crippen molar-refractivity contribution < 1.29 is 17.9 Å². The molecule has 19 heavy (non-hydrogen) atoms. The molecule has 1 atom stereocenters. The second kappa shape index (κ2) is 4.81. The fraction of sp³-hybridized carbons (Fsp3) is 0.769. The van der Waals surface area contributed by atoms with Gasteiger partial charge in [0.2, 0.25) is 0 Å². The molecule has 6 heteroatoms. The maximum Gasteiger partial charge on any atom is 0.392 e. The maximum absolute atomic E-state index is 12.7. The van der Waals surface area contributed by atoms with E-state index in [1.165, 1.54) is 0 Å². The normalized spacial score (nSPS) is 25.3. The molecule has 1 saturated heterocycles. The molecule has 2 aliphatic rings. The van der Waals surface area contributed by atoms with Crippen LogP contribution in [0.5, 0.6) is 0 Å². The summed E-state index contributed by atoms with van der Waals surface area (Å²) in [7, 11) is 0. The lowest BCUT2D eigenvalue weighted by Gasteiger charge is -2.23. The zero-order valence-corrected chi connectivity index (χ0v) is 10.6. The Morgan fingerprint density at radius 1 is 1.16 bits per heavy atom. The van der Waals surface area contributed by atoms with E-state index < -0.39 is 12.1 Å². The molecule has 106 valence electrons. The van der Waals surface area contributed by atoms with Gasteiger partial charge in [-0.1, -0.05) is 0 Å². The number of H-pyrrole nitrogens is 1. The number of ether oxygens (including phenoxy) is 1. The Hall–Kier alpha value is -1.04. The van der Waals surface area contributed by atoms with E-state index in [4.69, 9.17) is 4.74 Å². The van der Waals surface area contributed by atoms with Crippen LogP contribution in [0, 0.1) is 5.92 Å². The predicted octanol–water partition coefficient (Wildman–Crippen LogP) is 2.97. The van der Waals surface area contributed by atoms with E-state index in [1.807, 2.05) is 0 Å². The van der Waals surface area contributed by atoms with Crippen LogP contribution < -0.4 is 0 Å². The predicted molar refractivity (Wildman–Crippen MR) is 63.0 cm³/mol. The molecule has 3 rings (SSSR count). The average Bonchev–Trinajstić information content (AvgIpc) is 2.81. The van der Waals surface area contributed by atoms with Crippen molar-refractivity contribution in [2.45, 2.75) is 44.2 Å². The summed E-state index contributed by atoms with van der Waals surface area (Å²) in [4.78, 5) is 7.65. The van der Waals surface area contributed by atoms with Crippen molar-refractivity contribution in [1.29, 1.82) is 0 Å². The monoisotopic (exact) mass is 274 g/mol. The first-order valence-electron chi connectivity index (χ1n) is 6.76. The Morgan fingerprint density at radius 2 is 1.89 bits per heavy atom. The molecule has 0 aromatic carbocycles. The van der Waals surface area contributed by atoms with Gasteiger partial charge < -0.3 is 9.72 Å². The van der Waals surface area contributed by atoms with Crippen LogP contribution >= 0.6 is 0 Å². The lowest BCUT2D eigenvalue weighted by molar-refractivity contribution is -0.177. The third-order valence-electron chi connectivity index (χ3n) is 4.13. The van der Waals surface area contributed by atoms with Crippen molar-refractivity contribution in [2.24, 2.45) is 5.92 Å². The number of aromatic nitrogens is 2. The molecule has 1 aliphatic heterocycles. The van der Waals surface area contributed by atoms with Crippen LogP contribution in [0.3, 0.4) is 0 Å². The standard InChI is InChI=1S/C13H17F3N2O/c14-13(15,16)9-1-2-10-11(7-9)18-12(17-10)8-3-5-19-6-4-8/h8-9H,1-7H2,(H,17,18). The summed E-state index contributed by atoms with van der Waals surface area (Å²) in [5.41, 5.74) is 1.53. The Balaban J connectivity index is 1.77. The van der Waals surface area contributed by atoms with Crippen molar-refractivity contribution in [3.63, 3.8) is 0 Å². The van der Waals surface area contributed by atoms with Crippen molar-refractivity contribution in [3.8, 4) is 0 Å². The summed E-state index contributed by atoms with van der Waals surface area (Å²) in [6.07, 6.45) is -1.66. The van der Waals surface area contributed by atoms with Gasteiger partial charge in [-0.05, 0) is 25.7 Å². The topological polar surface area (TPSA) is 37.9 Å². The highest BCUT2D eigenvalue weighted by Crippen LogP contribution is 2.37. The fourth-order valence-electron chi connectivity index (χ4n) is 2.95. The van der Waals surface area contributed by atoms with Crippen LogP contribution in [0.2, 0.25) is 0 Å². The molecule has 0 saturated carbocycles. The van der Waals surface area contributed by atoms with Crippen molar-refractivity contribution in [1.82, 2.24) is 9.97 Å². The van der Waals surface area contributed by atoms with Gasteiger partial charge in [-0.3, -0.25) is 0 Å². The number of fused-ring (bicyclic) bond motifs is 1. The van der Waals surface area contributed by atoms with Gasteiger partial charge in [-0.25, -0.2) is 4.98 Å². The van der Waals surface area contributed by atoms with Crippen LogP contribution in [0.1, 0.15) is 42.4 Å². The zero-order valence-electron chi connectivity index (χ0n) is 10.6. The largest absolute Gasteiger partial charge is 0.392 e. The minimum Gasteiger partial charge on any atom is -0.381 e. The first-order chi connectivity index (χ1) is 9.04. The minimum absolute atomic E-state index is 0.0506. The van der Waals surface area contributed by atoms with Gasteiger partial charge >= 0.3 is 6.18 Å². The molecule has 1 aliphatic carbocycles. The number of nitrogens with one attached hydrogen (secondary N) is 1. The molecule has 0 spiro atoms. The van der Waals surface area contributed by atoms with Gasteiger partial charge in [0.25, 0.3) is 0 Å². The Labute approximate surface area is 109 Å². The number of aromatic amines is 1. The molecule has 2 heterocycles. The van der Waals surface area contributed by atoms with Crippen LogP contribution in [0.25, 0.3) is 0 Å². The molecular formula is C13H17F3N2O. The van der Waals surface area contributed by atoms with E-state index in [2.05, 4.69) is 9.97 Å². The van der Waals surface area contributed by atoms with Crippen LogP contribution in [-0.4, -0.2) is 29.4 Å². The van der Waals surface area contributed by atoms with Gasteiger partial charge in [-0.2, -0.15) is 13.2 Å². The smallest absolute Gasteiger partial charge is 0.381 e. The molecule has 1 unspecified atom stereocenters. The summed E-state index contributed by atoms with van der Waals surface area (Å²) in [6.45, 7) is 1.42. The van der Waals surface area contributed by atoms with Crippen molar-refractivity contribution >= 4 is 0 Å².